The fourth-order valence-corrected chi connectivity index (χ4v) is 1.83. The van der Waals surface area contributed by atoms with Gasteiger partial charge in [0.2, 0.25) is 0 Å². The van der Waals surface area contributed by atoms with Gasteiger partial charge >= 0.3 is 0 Å². The number of rotatable bonds is 2. The quantitative estimate of drug-likeness (QED) is 0.747. The van der Waals surface area contributed by atoms with E-state index < -0.39 is 0 Å². The molecule has 1 aromatic carbocycles. The van der Waals surface area contributed by atoms with Crippen LogP contribution >= 0.6 is 23.2 Å². The highest BCUT2D eigenvalue weighted by molar-refractivity contribution is 6.41. The second-order valence-electron chi connectivity index (χ2n) is 3.88. The standard InChI is InChI=1S/C14H11Cl2N3O/c15-11-8-12(19-13(11)16)14(20)18-10-5-3-9(4-6-10)2-1-7-17/h3-6,8,19H,7,17H2,(H,18,20). The van der Waals surface area contributed by atoms with E-state index in [1.165, 1.54) is 6.07 Å². The summed E-state index contributed by atoms with van der Waals surface area (Å²) >= 11 is 11.5. The van der Waals surface area contributed by atoms with E-state index in [0.29, 0.717) is 22.9 Å². The lowest BCUT2D eigenvalue weighted by Gasteiger charge is -2.03. The van der Waals surface area contributed by atoms with Gasteiger partial charge < -0.3 is 16.0 Å². The van der Waals surface area contributed by atoms with E-state index in [4.69, 9.17) is 28.9 Å². The number of carbonyl (C=O) groups is 1. The molecular weight excluding hydrogens is 297 g/mol. The summed E-state index contributed by atoms with van der Waals surface area (Å²) in [5.41, 5.74) is 7.07. The second-order valence-corrected chi connectivity index (χ2v) is 4.67. The average molecular weight is 308 g/mol. The summed E-state index contributed by atoms with van der Waals surface area (Å²) in [5.74, 6) is 5.33. The second kappa shape index (κ2) is 6.49. The lowest BCUT2D eigenvalue weighted by molar-refractivity contribution is 0.102. The average Bonchev–Trinajstić information content (AvgIpc) is 2.78. The summed E-state index contributed by atoms with van der Waals surface area (Å²) in [5, 5.41) is 3.27. The minimum absolute atomic E-state index is 0.240. The number of amides is 1. The fourth-order valence-electron chi connectivity index (χ4n) is 1.51. The van der Waals surface area contributed by atoms with E-state index in [1.54, 1.807) is 24.3 Å². The van der Waals surface area contributed by atoms with Crippen molar-refractivity contribution in [2.45, 2.75) is 0 Å². The first-order valence-electron chi connectivity index (χ1n) is 5.74. The van der Waals surface area contributed by atoms with Crippen molar-refractivity contribution < 1.29 is 4.79 Å². The summed E-state index contributed by atoms with van der Waals surface area (Å²) in [6, 6.07) is 8.58. The van der Waals surface area contributed by atoms with Crippen LogP contribution in [0.4, 0.5) is 5.69 Å². The molecule has 0 unspecified atom stereocenters. The van der Waals surface area contributed by atoms with Crippen LogP contribution in [-0.4, -0.2) is 17.4 Å². The Hall–Kier alpha value is -1.93. The summed E-state index contributed by atoms with van der Waals surface area (Å²) in [7, 11) is 0. The summed E-state index contributed by atoms with van der Waals surface area (Å²) in [6.45, 7) is 0.312. The van der Waals surface area contributed by atoms with Gasteiger partial charge in [0.05, 0.1) is 11.6 Å². The summed E-state index contributed by atoms with van der Waals surface area (Å²) in [6.07, 6.45) is 0. The van der Waals surface area contributed by atoms with Crippen LogP contribution in [-0.2, 0) is 0 Å². The van der Waals surface area contributed by atoms with Crippen LogP contribution in [0.3, 0.4) is 0 Å². The van der Waals surface area contributed by atoms with Crippen molar-refractivity contribution in [1.29, 1.82) is 0 Å². The number of nitrogens with one attached hydrogen (secondary N) is 2. The number of hydrogen-bond acceptors (Lipinski definition) is 2. The number of nitrogens with two attached hydrogens (primary N) is 1. The van der Waals surface area contributed by atoms with E-state index in [-0.39, 0.29) is 11.1 Å². The van der Waals surface area contributed by atoms with Gasteiger partial charge in [0.25, 0.3) is 5.91 Å². The number of carbonyl (C=O) groups excluding carboxylic acids is 1. The van der Waals surface area contributed by atoms with Gasteiger partial charge in [-0.1, -0.05) is 35.0 Å². The Balaban J connectivity index is 2.08. The number of halogens is 2. The Morgan fingerprint density at radius 2 is 2.00 bits per heavy atom. The highest BCUT2D eigenvalue weighted by Gasteiger charge is 2.11. The molecule has 0 atom stereocenters. The van der Waals surface area contributed by atoms with E-state index in [9.17, 15) is 4.79 Å². The van der Waals surface area contributed by atoms with Crippen LogP contribution in [0.2, 0.25) is 10.2 Å². The third-order valence-electron chi connectivity index (χ3n) is 2.45. The fraction of sp³-hybridized carbons (Fsp3) is 0.0714. The third-order valence-corrected chi connectivity index (χ3v) is 3.14. The molecule has 20 heavy (non-hydrogen) atoms. The van der Waals surface area contributed by atoms with Crippen LogP contribution < -0.4 is 11.1 Å². The largest absolute Gasteiger partial charge is 0.340 e. The van der Waals surface area contributed by atoms with Crippen LogP contribution in [0.5, 0.6) is 0 Å². The Morgan fingerprint density at radius 1 is 1.30 bits per heavy atom. The molecule has 6 heteroatoms. The Labute approximate surface area is 126 Å². The van der Waals surface area contributed by atoms with Crippen molar-refractivity contribution >= 4 is 34.8 Å². The zero-order chi connectivity index (χ0) is 14.5. The minimum Gasteiger partial charge on any atom is -0.340 e. The molecule has 0 radical (unpaired) electrons. The molecule has 0 aliphatic rings. The van der Waals surface area contributed by atoms with Crippen LogP contribution in [0.15, 0.2) is 30.3 Å². The van der Waals surface area contributed by atoms with Crippen molar-refractivity contribution in [2.75, 3.05) is 11.9 Å². The van der Waals surface area contributed by atoms with Crippen molar-refractivity contribution in [3.63, 3.8) is 0 Å². The lowest BCUT2D eigenvalue weighted by Crippen LogP contribution is -2.12. The van der Waals surface area contributed by atoms with Gasteiger partial charge in [-0.25, -0.2) is 0 Å². The monoisotopic (exact) mass is 307 g/mol. The molecule has 1 aromatic heterocycles. The van der Waals surface area contributed by atoms with E-state index >= 15 is 0 Å². The van der Waals surface area contributed by atoms with E-state index in [1.807, 2.05) is 0 Å². The molecule has 4 N–H and O–H groups in total. The van der Waals surface area contributed by atoms with Gasteiger partial charge in [-0.2, -0.15) is 0 Å². The van der Waals surface area contributed by atoms with Crippen molar-refractivity contribution in [1.82, 2.24) is 4.98 Å². The first-order chi connectivity index (χ1) is 9.60. The van der Waals surface area contributed by atoms with Gasteiger partial charge in [0.15, 0.2) is 0 Å². The molecule has 0 saturated carbocycles. The predicted molar refractivity (Wildman–Crippen MR) is 81.1 cm³/mol. The molecule has 0 spiro atoms. The number of aromatic nitrogens is 1. The highest BCUT2D eigenvalue weighted by atomic mass is 35.5. The molecule has 0 aliphatic heterocycles. The number of aromatic amines is 1. The Bertz CT molecular complexity index is 661. The number of hydrogen-bond donors (Lipinski definition) is 3. The molecule has 102 valence electrons. The van der Waals surface area contributed by atoms with Gasteiger partial charge in [0.1, 0.15) is 10.8 Å². The molecule has 4 nitrogen and oxygen atoms in total. The Kier molecular flexibility index (Phi) is 4.70. The van der Waals surface area contributed by atoms with Crippen LogP contribution in [0.1, 0.15) is 16.1 Å². The molecule has 0 saturated heterocycles. The minimum atomic E-state index is -0.320. The molecule has 1 amide bonds. The lowest BCUT2D eigenvalue weighted by atomic mass is 10.2. The smallest absolute Gasteiger partial charge is 0.272 e. The molecule has 1 heterocycles. The number of anilines is 1. The van der Waals surface area contributed by atoms with Gasteiger partial charge in [-0.05, 0) is 30.3 Å². The van der Waals surface area contributed by atoms with Crippen molar-refractivity contribution in [2.24, 2.45) is 5.73 Å². The van der Waals surface area contributed by atoms with Crippen molar-refractivity contribution in [3.05, 3.63) is 51.8 Å². The maximum absolute atomic E-state index is 11.9. The van der Waals surface area contributed by atoms with Gasteiger partial charge in [-0.15, -0.1) is 0 Å². The normalized spacial score (nSPS) is 9.75. The first kappa shape index (κ1) is 14.5. The van der Waals surface area contributed by atoms with Crippen LogP contribution in [0.25, 0.3) is 0 Å². The number of H-pyrrole nitrogens is 1. The van der Waals surface area contributed by atoms with Gasteiger partial charge in [0, 0.05) is 11.3 Å². The predicted octanol–water partition coefficient (Wildman–Crippen LogP) is 2.88. The maximum atomic E-state index is 11.9. The molecule has 2 rings (SSSR count). The van der Waals surface area contributed by atoms with E-state index in [0.717, 1.165) is 5.56 Å². The van der Waals surface area contributed by atoms with Gasteiger partial charge in [-0.3, -0.25) is 4.79 Å². The molecule has 0 bridgehead atoms. The zero-order valence-electron chi connectivity index (χ0n) is 10.3. The molecule has 0 aliphatic carbocycles. The summed E-state index contributed by atoms with van der Waals surface area (Å²) < 4.78 is 0. The Morgan fingerprint density at radius 3 is 2.55 bits per heavy atom. The zero-order valence-corrected chi connectivity index (χ0v) is 11.8. The third kappa shape index (κ3) is 3.55. The topological polar surface area (TPSA) is 70.9 Å². The highest BCUT2D eigenvalue weighted by Crippen LogP contribution is 2.22. The van der Waals surface area contributed by atoms with E-state index in [2.05, 4.69) is 22.1 Å². The maximum Gasteiger partial charge on any atom is 0.272 e. The SMILES string of the molecule is NCC#Cc1ccc(NC(=O)c2cc(Cl)c(Cl)[nH]2)cc1. The summed E-state index contributed by atoms with van der Waals surface area (Å²) in [4.78, 5) is 14.6. The number of benzene rings is 1. The first-order valence-corrected chi connectivity index (χ1v) is 6.50. The molecule has 2 aromatic rings. The molecule has 0 fully saturated rings. The van der Waals surface area contributed by atoms with Crippen LogP contribution in [0, 0.1) is 11.8 Å². The van der Waals surface area contributed by atoms with Crippen molar-refractivity contribution in [3.8, 4) is 11.8 Å². The molecular formula is C14H11Cl2N3O.